The molecular weight excluding hydrogens is 192 g/mol. The highest BCUT2D eigenvalue weighted by atomic mass is 16.5. The molecule has 1 N–H and O–H groups in total. The molecule has 0 aromatic heterocycles. The number of phenolic OH excluding ortho intramolecular Hbond substituents is 1. The molecule has 0 aliphatic rings. The van der Waals surface area contributed by atoms with Gasteiger partial charge >= 0.3 is 5.97 Å². The number of benzene rings is 1. The van der Waals surface area contributed by atoms with Gasteiger partial charge in [-0.15, -0.1) is 0 Å². The van der Waals surface area contributed by atoms with Gasteiger partial charge in [-0.2, -0.15) is 0 Å². The zero-order valence-corrected chi connectivity index (χ0v) is 9.06. The van der Waals surface area contributed by atoms with E-state index in [1.807, 2.05) is 6.92 Å². The molecule has 1 aromatic carbocycles. The van der Waals surface area contributed by atoms with Crippen molar-refractivity contribution < 1.29 is 14.6 Å². The number of phenols is 1. The summed E-state index contributed by atoms with van der Waals surface area (Å²) in [5.41, 5.74) is 0.883. The predicted molar refractivity (Wildman–Crippen MR) is 57.8 cm³/mol. The summed E-state index contributed by atoms with van der Waals surface area (Å²) < 4.78 is 4.98. The number of rotatable bonds is 4. The molecule has 3 nitrogen and oxygen atoms in total. The van der Waals surface area contributed by atoms with Crippen LogP contribution >= 0.6 is 0 Å². The van der Waals surface area contributed by atoms with Gasteiger partial charge in [0, 0.05) is 0 Å². The van der Waals surface area contributed by atoms with Crippen LogP contribution in [-0.4, -0.2) is 17.7 Å². The molecule has 0 amide bonds. The monoisotopic (exact) mass is 208 g/mol. The quantitative estimate of drug-likeness (QED) is 0.773. The largest absolute Gasteiger partial charge is 0.508 e. The number of hydrogen-bond acceptors (Lipinski definition) is 3. The van der Waals surface area contributed by atoms with E-state index in [-0.39, 0.29) is 17.6 Å². The molecule has 0 saturated heterocycles. The molecule has 1 atom stereocenters. The molecule has 0 aliphatic carbocycles. The van der Waals surface area contributed by atoms with Crippen molar-refractivity contribution >= 4 is 5.97 Å². The molecule has 82 valence electrons. The average Bonchev–Trinajstić information content (AvgIpc) is 2.22. The van der Waals surface area contributed by atoms with Gasteiger partial charge in [0.05, 0.1) is 12.5 Å². The molecule has 0 saturated carbocycles. The minimum absolute atomic E-state index is 0.203. The van der Waals surface area contributed by atoms with Gasteiger partial charge in [0.25, 0.3) is 0 Å². The maximum atomic E-state index is 11.6. The van der Waals surface area contributed by atoms with E-state index in [1.165, 1.54) is 0 Å². The lowest BCUT2D eigenvalue weighted by atomic mass is 9.97. The lowest BCUT2D eigenvalue weighted by Gasteiger charge is -2.13. The number of ether oxygens (including phenoxy) is 1. The van der Waals surface area contributed by atoms with E-state index < -0.39 is 0 Å². The standard InChI is InChI=1S/C12H16O3/c1-3-11(12(14)15-4-2)9-5-7-10(13)8-6-9/h5-8,11,13H,3-4H2,1-2H3. The van der Waals surface area contributed by atoms with Crippen molar-refractivity contribution in [3.8, 4) is 5.75 Å². The second-order valence-electron chi connectivity index (χ2n) is 3.30. The van der Waals surface area contributed by atoms with Crippen LogP contribution in [0.25, 0.3) is 0 Å². The summed E-state index contributed by atoms with van der Waals surface area (Å²) in [5.74, 6) is -0.228. The first kappa shape index (κ1) is 11.6. The third-order valence-corrected chi connectivity index (χ3v) is 2.27. The molecule has 1 aromatic rings. The van der Waals surface area contributed by atoms with Gasteiger partial charge < -0.3 is 9.84 Å². The minimum Gasteiger partial charge on any atom is -0.508 e. The Labute approximate surface area is 89.7 Å². The summed E-state index contributed by atoms with van der Waals surface area (Å²) in [4.78, 5) is 11.6. The number of carbonyl (C=O) groups excluding carboxylic acids is 1. The summed E-state index contributed by atoms with van der Waals surface area (Å²) in [6, 6.07) is 6.66. The fraction of sp³-hybridized carbons (Fsp3) is 0.417. The zero-order chi connectivity index (χ0) is 11.3. The van der Waals surface area contributed by atoms with E-state index in [2.05, 4.69) is 0 Å². The van der Waals surface area contributed by atoms with Crippen LogP contribution in [0.3, 0.4) is 0 Å². The molecule has 1 rings (SSSR count). The van der Waals surface area contributed by atoms with Crippen molar-refractivity contribution in [1.82, 2.24) is 0 Å². The Bertz CT molecular complexity index is 316. The summed E-state index contributed by atoms with van der Waals surface area (Å²) in [6.07, 6.45) is 0.698. The summed E-state index contributed by atoms with van der Waals surface area (Å²) in [5, 5.41) is 9.14. The lowest BCUT2D eigenvalue weighted by molar-refractivity contribution is -0.145. The van der Waals surface area contributed by atoms with Crippen molar-refractivity contribution in [2.75, 3.05) is 6.61 Å². The Morgan fingerprint density at radius 2 is 1.93 bits per heavy atom. The maximum Gasteiger partial charge on any atom is 0.313 e. The van der Waals surface area contributed by atoms with Gasteiger partial charge in [0.1, 0.15) is 5.75 Å². The highest BCUT2D eigenvalue weighted by Crippen LogP contribution is 2.22. The first-order valence-electron chi connectivity index (χ1n) is 5.14. The number of esters is 1. The van der Waals surface area contributed by atoms with Gasteiger partial charge in [0.2, 0.25) is 0 Å². The molecular formula is C12H16O3. The zero-order valence-electron chi connectivity index (χ0n) is 9.06. The lowest BCUT2D eigenvalue weighted by Crippen LogP contribution is -2.15. The fourth-order valence-corrected chi connectivity index (χ4v) is 1.49. The molecule has 15 heavy (non-hydrogen) atoms. The smallest absolute Gasteiger partial charge is 0.313 e. The molecule has 1 unspecified atom stereocenters. The van der Waals surface area contributed by atoms with E-state index in [9.17, 15) is 4.79 Å². The van der Waals surface area contributed by atoms with Crippen molar-refractivity contribution in [3.05, 3.63) is 29.8 Å². The second kappa shape index (κ2) is 5.39. The number of carbonyl (C=O) groups is 1. The Balaban J connectivity index is 2.82. The molecule has 0 radical (unpaired) electrons. The van der Waals surface area contributed by atoms with E-state index in [0.717, 1.165) is 5.56 Å². The van der Waals surface area contributed by atoms with E-state index in [0.29, 0.717) is 13.0 Å². The van der Waals surface area contributed by atoms with Crippen molar-refractivity contribution in [2.45, 2.75) is 26.2 Å². The van der Waals surface area contributed by atoms with E-state index in [4.69, 9.17) is 9.84 Å². The molecule has 0 bridgehead atoms. The molecule has 0 spiro atoms. The van der Waals surface area contributed by atoms with Crippen LogP contribution in [0.4, 0.5) is 0 Å². The van der Waals surface area contributed by atoms with Crippen molar-refractivity contribution in [3.63, 3.8) is 0 Å². The van der Waals surface area contributed by atoms with Crippen LogP contribution in [0.2, 0.25) is 0 Å². The number of aromatic hydroxyl groups is 1. The molecule has 0 aliphatic heterocycles. The molecule has 3 heteroatoms. The normalized spacial score (nSPS) is 12.1. The molecule has 0 fully saturated rings. The van der Waals surface area contributed by atoms with Crippen molar-refractivity contribution in [1.29, 1.82) is 0 Å². The topological polar surface area (TPSA) is 46.5 Å². The van der Waals surface area contributed by atoms with Crippen LogP contribution in [0, 0.1) is 0 Å². The van der Waals surface area contributed by atoms with Gasteiger partial charge in [-0.25, -0.2) is 0 Å². The third-order valence-electron chi connectivity index (χ3n) is 2.27. The Morgan fingerprint density at radius 3 is 2.40 bits per heavy atom. The van der Waals surface area contributed by atoms with Gasteiger partial charge in [-0.1, -0.05) is 19.1 Å². The minimum atomic E-state index is -0.231. The first-order valence-corrected chi connectivity index (χ1v) is 5.14. The second-order valence-corrected chi connectivity index (χ2v) is 3.30. The van der Waals surface area contributed by atoms with Crippen molar-refractivity contribution in [2.24, 2.45) is 0 Å². The summed E-state index contributed by atoms with van der Waals surface area (Å²) in [6.45, 7) is 4.13. The van der Waals surface area contributed by atoms with E-state index in [1.54, 1.807) is 31.2 Å². The summed E-state index contributed by atoms with van der Waals surface area (Å²) >= 11 is 0. The SMILES string of the molecule is CCOC(=O)C(CC)c1ccc(O)cc1. The Kier molecular flexibility index (Phi) is 4.16. The van der Waals surface area contributed by atoms with Crippen LogP contribution in [-0.2, 0) is 9.53 Å². The van der Waals surface area contributed by atoms with Crippen LogP contribution < -0.4 is 0 Å². The fourth-order valence-electron chi connectivity index (χ4n) is 1.49. The highest BCUT2D eigenvalue weighted by Gasteiger charge is 2.19. The van der Waals surface area contributed by atoms with Gasteiger partial charge in [0.15, 0.2) is 0 Å². The third kappa shape index (κ3) is 2.98. The average molecular weight is 208 g/mol. The van der Waals surface area contributed by atoms with E-state index >= 15 is 0 Å². The van der Waals surface area contributed by atoms with Gasteiger partial charge in [-0.3, -0.25) is 4.79 Å². The van der Waals surface area contributed by atoms with Gasteiger partial charge in [-0.05, 0) is 31.0 Å². The molecule has 0 heterocycles. The highest BCUT2D eigenvalue weighted by molar-refractivity contribution is 5.78. The predicted octanol–water partition coefficient (Wildman–Crippen LogP) is 2.45. The Hall–Kier alpha value is -1.51. The summed E-state index contributed by atoms with van der Waals surface area (Å²) in [7, 11) is 0. The first-order chi connectivity index (χ1) is 7.19. The van der Waals surface area contributed by atoms with Crippen LogP contribution in [0.15, 0.2) is 24.3 Å². The maximum absolute atomic E-state index is 11.6. The van der Waals surface area contributed by atoms with Crippen LogP contribution in [0.1, 0.15) is 31.7 Å². The Morgan fingerprint density at radius 1 is 1.33 bits per heavy atom. The van der Waals surface area contributed by atoms with Crippen LogP contribution in [0.5, 0.6) is 5.75 Å². The number of hydrogen-bond donors (Lipinski definition) is 1.